The Morgan fingerprint density at radius 1 is 1.00 bits per heavy atom. The number of rotatable bonds is 8. The van der Waals surface area contributed by atoms with Crippen molar-refractivity contribution in [3.05, 3.63) is 70.3 Å². The molecule has 24 heavy (non-hydrogen) atoms. The van der Waals surface area contributed by atoms with Gasteiger partial charge in [0.05, 0.1) is 9.82 Å². The molecular formula is C16H19N3O4S. The molecule has 0 aliphatic heterocycles. The van der Waals surface area contributed by atoms with Crippen LogP contribution in [-0.2, 0) is 16.4 Å². The van der Waals surface area contributed by atoms with Crippen LogP contribution in [0.5, 0.6) is 0 Å². The number of nitro groups is 1. The molecule has 0 saturated carbocycles. The van der Waals surface area contributed by atoms with Crippen molar-refractivity contribution >= 4 is 15.7 Å². The fourth-order valence-electron chi connectivity index (χ4n) is 2.28. The average molecular weight is 349 g/mol. The fourth-order valence-corrected chi connectivity index (χ4v) is 3.74. The maximum atomic E-state index is 12.7. The molecule has 2 rings (SSSR count). The van der Waals surface area contributed by atoms with E-state index >= 15 is 0 Å². The molecule has 0 spiro atoms. The molecule has 0 unspecified atom stereocenters. The molecule has 8 heteroatoms. The van der Waals surface area contributed by atoms with Crippen LogP contribution in [0.4, 0.5) is 5.69 Å². The quantitative estimate of drug-likeness (QED) is 0.577. The van der Waals surface area contributed by atoms with Gasteiger partial charge in [-0.25, -0.2) is 8.42 Å². The highest BCUT2D eigenvalue weighted by atomic mass is 32.2. The lowest BCUT2D eigenvalue weighted by Crippen LogP contribution is -2.36. The Morgan fingerprint density at radius 3 is 2.17 bits per heavy atom. The normalized spacial score (nSPS) is 11.6. The van der Waals surface area contributed by atoms with Crippen molar-refractivity contribution in [3.8, 4) is 0 Å². The first-order chi connectivity index (χ1) is 11.4. The summed E-state index contributed by atoms with van der Waals surface area (Å²) in [6, 6.07) is 14.4. The number of nitrogens with zero attached hydrogens (tertiary/aromatic N) is 2. The molecular weight excluding hydrogens is 330 g/mol. The molecule has 0 atom stereocenters. The number of nitro benzene ring substituents is 1. The monoisotopic (exact) mass is 349 g/mol. The summed E-state index contributed by atoms with van der Waals surface area (Å²) in [6.07, 6.45) is 0.563. The van der Waals surface area contributed by atoms with Gasteiger partial charge in [-0.3, -0.25) is 10.1 Å². The van der Waals surface area contributed by atoms with E-state index in [9.17, 15) is 18.5 Å². The zero-order valence-corrected chi connectivity index (χ0v) is 13.9. The van der Waals surface area contributed by atoms with Crippen molar-refractivity contribution in [2.45, 2.75) is 11.3 Å². The molecule has 0 saturated heterocycles. The van der Waals surface area contributed by atoms with Gasteiger partial charge in [0, 0.05) is 31.8 Å². The van der Waals surface area contributed by atoms with E-state index in [-0.39, 0.29) is 23.7 Å². The molecule has 0 bridgehead atoms. The first-order valence-corrected chi connectivity index (χ1v) is 8.88. The third-order valence-electron chi connectivity index (χ3n) is 3.56. The van der Waals surface area contributed by atoms with Crippen molar-refractivity contribution in [1.29, 1.82) is 0 Å². The van der Waals surface area contributed by atoms with Gasteiger partial charge < -0.3 is 5.73 Å². The summed E-state index contributed by atoms with van der Waals surface area (Å²) in [7, 11) is -3.75. The van der Waals surface area contributed by atoms with E-state index in [1.165, 1.54) is 28.6 Å². The molecule has 0 aliphatic carbocycles. The minimum Gasteiger partial charge on any atom is -0.329 e. The van der Waals surface area contributed by atoms with Crippen LogP contribution in [-0.4, -0.2) is 37.3 Å². The Morgan fingerprint density at radius 2 is 1.62 bits per heavy atom. The Labute approximate surface area is 140 Å². The van der Waals surface area contributed by atoms with E-state index < -0.39 is 14.9 Å². The summed E-state index contributed by atoms with van der Waals surface area (Å²) in [6.45, 7) is 0.674. The minimum atomic E-state index is -3.75. The predicted octanol–water partition coefficient (Wildman–Crippen LogP) is 1.79. The van der Waals surface area contributed by atoms with Gasteiger partial charge in [-0.05, 0) is 24.1 Å². The molecule has 2 aromatic carbocycles. The zero-order valence-electron chi connectivity index (χ0n) is 13.0. The molecule has 0 amide bonds. The van der Waals surface area contributed by atoms with Crippen LogP contribution in [0, 0.1) is 10.1 Å². The first-order valence-electron chi connectivity index (χ1n) is 7.44. The number of hydrogen-bond donors (Lipinski definition) is 1. The lowest BCUT2D eigenvalue weighted by molar-refractivity contribution is -0.384. The van der Waals surface area contributed by atoms with Crippen LogP contribution in [0.1, 0.15) is 5.56 Å². The third kappa shape index (κ3) is 4.38. The van der Waals surface area contributed by atoms with Crippen LogP contribution in [0.15, 0.2) is 59.5 Å². The Bertz CT molecular complexity index is 777. The number of hydrogen-bond acceptors (Lipinski definition) is 5. The van der Waals surface area contributed by atoms with E-state index in [2.05, 4.69) is 0 Å². The second-order valence-electron chi connectivity index (χ2n) is 5.18. The Balaban J connectivity index is 2.19. The summed E-state index contributed by atoms with van der Waals surface area (Å²) in [5, 5.41) is 10.7. The molecule has 0 fully saturated rings. The highest BCUT2D eigenvalue weighted by molar-refractivity contribution is 7.89. The number of benzene rings is 2. The second kappa shape index (κ2) is 8.00. The van der Waals surface area contributed by atoms with E-state index in [0.29, 0.717) is 13.0 Å². The molecule has 2 N–H and O–H groups in total. The van der Waals surface area contributed by atoms with Crippen LogP contribution in [0.2, 0.25) is 0 Å². The van der Waals surface area contributed by atoms with Crippen LogP contribution >= 0.6 is 0 Å². The fraction of sp³-hybridized carbons (Fsp3) is 0.250. The topological polar surface area (TPSA) is 107 Å². The van der Waals surface area contributed by atoms with Crippen molar-refractivity contribution < 1.29 is 13.3 Å². The van der Waals surface area contributed by atoms with Gasteiger partial charge in [0.25, 0.3) is 5.69 Å². The standard InChI is InChI=1S/C16H19N3O4S/c17-11-13-18(12-10-14-4-2-1-3-5-14)24(22,23)16-8-6-15(7-9-16)19(20)21/h1-9H,10-13,17H2. The predicted molar refractivity (Wildman–Crippen MR) is 91.1 cm³/mol. The van der Waals surface area contributed by atoms with Gasteiger partial charge in [-0.1, -0.05) is 30.3 Å². The highest BCUT2D eigenvalue weighted by Crippen LogP contribution is 2.19. The lowest BCUT2D eigenvalue weighted by Gasteiger charge is -2.21. The number of non-ortho nitro benzene ring substituents is 1. The van der Waals surface area contributed by atoms with Gasteiger partial charge in [-0.2, -0.15) is 4.31 Å². The Hall–Kier alpha value is -2.29. The minimum absolute atomic E-state index is 0.0228. The maximum absolute atomic E-state index is 12.7. The summed E-state index contributed by atoms with van der Waals surface area (Å²) in [5.74, 6) is 0. The van der Waals surface area contributed by atoms with E-state index in [1.807, 2.05) is 30.3 Å². The average Bonchev–Trinajstić information content (AvgIpc) is 2.59. The third-order valence-corrected chi connectivity index (χ3v) is 5.47. The highest BCUT2D eigenvalue weighted by Gasteiger charge is 2.24. The first kappa shape index (κ1) is 18.1. The van der Waals surface area contributed by atoms with E-state index in [0.717, 1.165) is 5.56 Å². The largest absolute Gasteiger partial charge is 0.329 e. The van der Waals surface area contributed by atoms with Crippen LogP contribution in [0.3, 0.4) is 0 Å². The number of nitrogens with two attached hydrogens (primary N) is 1. The molecule has 0 aliphatic rings. The summed E-state index contributed by atoms with van der Waals surface area (Å²) >= 11 is 0. The van der Waals surface area contributed by atoms with Gasteiger partial charge in [-0.15, -0.1) is 0 Å². The van der Waals surface area contributed by atoms with E-state index in [1.54, 1.807) is 0 Å². The van der Waals surface area contributed by atoms with Gasteiger partial charge in [0.2, 0.25) is 10.0 Å². The SMILES string of the molecule is NCCN(CCc1ccccc1)S(=O)(=O)c1ccc([N+](=O)[O-])cc1. The lowest BCUT2D eigenvalue weighted by atomic mass is 10.1. The second-order valence-corrected chi connectivity index (χ2v) is 7.12. The van der Waals surface area contributed by atoms with Crippen molar-refractivity contribution in [3.63, 3.8) is 0 Å². The summed E-state index contributed by atoms with van der Waals surface area (Å²) in [4.78, 5) is 10.1. The molecule has 0 heterocycles. The summed E-state index contributed by atoms with van der Waals surface area (Å²) in [5.41, 5.74) is 6.42. The van der Waals surface area contributed by atoms with Crippen LogP contribution in [0.25, 0.3) is 0 Å². The molecule has 128 valence electrons. The molecule has 0 radical (unpaired) electrons. The Kier molecular flexibility index (Phi) is 6.02. The zero-order chi connectivity index (χ0) is 17.6. The molecule has 0 aromatic heterocycles. The van der Waals surface area contributed by atoms with Gasteiger partial charge >= 0.3 is 0 Å². The van der Waals surface area contributed by atoms with Crippen LogP contribution < -0.4 is 5.73 Å². The maximum Gasteiger partial charge on any atom is 0.269 e. The van der Waals surface area contributed by atoms with Gasteiger partial charge in [0.15, 0.2) is 0 Å². The molecule has 2 aromatic rings. The van der Waals surface area contributed by atoms with Crippen molar-refractivity contribution in [1.82, 2.24) is 4.31 Å². The van der Waals surface area contributed by atoms with Crippen molar-refractivity contribution in [2.75, 3.05) is 19.6 Å². The summed E-state index contributed by atoms with van der Waals surface area (Å²) < 4.78 is 26.8. The smallest absolute Gasteiger partial charge is 0.269 e. The number of sulfonamides is 1. The van der Waals surface area contributed by atoms with E-state index in [4.69, 9.17) is 5.73 Å². The van der Waals surface area contributed by atoms with Gasteiger partial charge in [0.1, 0.15) is 0 Å². The van der Waals surface area contributed by atoms with Crippen molar-refractivity contribution in [2.24, 2.45) is 5.73 Å². The molecule has 7 nitrogen and oxygen atoms in total.